The molecular weight excluding hydrogens is 580 g/mol. The molecule has 1 heterocycles. The van der Waals surface area contributed by atoms with Gasteiger partial charge in [-0.15, -0.1) is 0 Å². The maximum atomic E-state index is 12.7. The molecule has 0 aromatic carbocycles. The molecule has 27 heavy (non-hydrogen) atoms. The molecule has 0 spiro atoms. The first kappa shape index (κ1) is 24.9. The highest BCUT2D eigenvalue weighted by atomic mass is 127. The van der Waals surface area contributed by atoms with Gasteiger partial charge in [0.15, 0.2) is 0 Å². The molecule has 2 N–H and O–H groups in total. The number of halogens is 2. The molecule has 0 amide bonds. The largest absolute Gasteiger partial charge is 0.464 e. The van der Waals surface area contributed by atoms with E-state index < -0.39 is 29.4 Å². The standard InChI is InChI=1S/C18H29I2NO6/c1-11(19)15(22)25-9-13(10-26-16(23)12(2)20)17(24)27-18(3,4)14-5-7-21-8-6-14/h11-14,21H,5-10H2,1-4H3/p+1. The summed E-state index contributed by atoms with van der Waals surface area (Å²) in [5.74, 6) is -1.89. The smallest absolute Gasteiger partial charge is 0.318 e. The molecule has 1 aliphatic rings. The van der Waals surface area contributed by atoms with E-state index in [-0.39, 0.29) is 27.0 Å². The molecule has 1 rings (SSSR count). The second-order valence-corrected chi connectivity index (χ2v) is 11.1. The molecule has 1 saturated heterocycles. The number of hydrogen-bond donors (Lipinski definition) is 1. The van der Waals surface area contributed by atoms with E-state index in [4.69, 9.17) is 14.2 Å². The Bertz CT molecular complexity index is 494. The molecule has 2 unspecified atom stereocenters. The molecule has 9 heteroatoms. The van der Waals surface area contributed by atoms with Gasteiger partial charge in [-0.3, -0.25) is 14.4 Å². The number of carbonyl (C=O) groups is 3. The average Bonchev–Trinajstić information content (AvgIpc) is 2.61. The number of esters is 3. The molecule has 0 aromatic rings. The zero-order chi connectivity index (χ0) is 20.6. The highest BCUT2D eigenvalue weighted by Crippen LogP contribution is 2.29. The van der Waals surface area contributed by atoms with Crippen molar-refractivity contribution in [2.45, 2.75) is 54.0 Å². The van der Waals surface area contributed by atoms with Crippen LogP contribution in [0.25, 0.3) is 0 Å². The number of alkyl halides is 2. The van der Waals surface area contributed by atoms with Crippen molar-refractivity contribution in [1.82, 2.24) is 0 Å². The Morgan fingerprint density at radius 1 is 0.963 bits per heavy atom. The van der Waals surface area contributed by atoms with Crippen LogP contribution in [0.2, 0.25) is 0 Å². The van der Waals surface area contributed by atoms with Gasteiger partial charge in [0, 0.05) is 18.8 Å². The first-order chi connectivity index (χ1) is 12.5. The molecule has 0 saturated carbocycles. The van der Waals surface area contributed by atoms with Gasteiger partial charge >= 0.3 is 17.9 Å². The van der Waals surface area contributed by atoms with Crippen molar-refractivity contribution >= 4 is 63.1 Å². The molecule has 0 bridgehead atoms. The normalized spacial score (nSPS) is 18.9. The lowest BCUT2D eigenvalue weighted by Gasteiger charge is -2.36. The van der Waals surface area contributed by atoms with Crippen molar-refractivity contribution in [2.75, 3.05) is 26.3 Å². The zero-order valence-electron chi connectivity index (χ0n) is 16.3. The lowest BCUT2D eigenvalue weighted by atomic mass is 9.83. The summed E-state index contributed by atoms with van der Waals surface area (Å²) in [6.07, 6.45) is 1.96. The van der Waals surface area contributed by atoms with Crippen LogP contribution >= 0.6 is 45.2 Å². The predicted octanol–water partition coefficient (Wildman–Crippen LogP) is 1.63. The minimum atomic E-state index is -0.836. The van der Waals surface area contributed by atoms with Crippen molar-refractivity contribution in [3.05, 3.63) is 0 Å². The molecule has 156 valence electrons. The summed E-state index contributed by atoms with van der Waals surface area (Å²) in [6, 6.07) is 0. The monoisotopic (exact) mass is 610 g/mol. The highest BCUT2D eigenvalue weighted by Gasteiger charge is 2.37. The van der Waals surface area contributed by atoms with E-state index >= 15 is 0 Å². The quantitative estimate of drug-likeness (QED) is 0.185. The van der Waals surface area contributed by atoms with Gasteiger partial charge in [0.25, 0.3) is 0 Å². The van der Waals surface area contributed by atoms with Gasteiger partial charge in [-0.1, -0.05) is 45.2 Å². The first-order valence-electron chi connectivity index (χ1n) is 9.20. The van der Waals surface area contributed by atoms with Gasteiger partial charge in [0.1, 0.15) is 32.6 Å². The highest BCUT2D eigenvalue weighted by molar-refractivity contribution is 14.1. The van der Waals surface area contributed by atoms with Gasteiger partial charge in [-0.2, -0.15) is 0 Å². The van der Waals surface area contributed by atoms with Crippen LogP contribution in [0.1, 0.15) is 40.5 Å². The van der Waals surface area contributed by atoms with Crippen LogP contribution in [0.3, 0.4) is 0 Å². The Balaban J connectivity index is 2.74. The number of hydrogen-bond acceptors (Lipinski definition) is 6. The summed E-state index contributed by atoms with van der Waals surface area (Å²) >= 11 is 3.89. The Morgan fingerprint density at radius 3 is 1.81 bits per heavy atom. The second-order valence-electron chi connectivity index (χ2n) is 7.35. The van der Waals surface area contributed by atoms with Crippen molar-refractivity contribution in [3.8, 4) is 0 Å². The molecule has 1 fully saturated rings. The van der Waals surface area contributed by atoms with E-state index in [2.05, 4.69) is 5.32 Å². The predicted molar refractivity (Wildman–Crippen MR) is 117 cm³/mol. The Morgan fingerprint density at radius 2 is 1.41 bits per heavy atom. The number of carbonyl (C=O) groups excluding carboxylic acids is 3. The summed E-state index contributed by atoms with van der Waals surface area (Å²) in [5, 5.41) is 2.26. The summed E-state index contributed by atoms with van der Waals surface area (Å²) in [7, 11) is 0. The number of rotatable bonds is 9. The molecule has 1 aliphatic heterocycles. The minimum absolute atomic E-state index is 0.164. The van der Waals surface area contributed by atoms with Crippen molar-refractivity contribution in [3.63, 3.8) is 0 Å². The number of quaternary nitrogens is 1. The topological polar surface area (TPSA) is 95.5 Å². The van der Waals surface area contributed by atoms with Crippen molar-refractivity contribution in [2.24, 2.45) is 11.8 Å². The molecule has 2 atom stereocenters. The third-order valence-corrected chi connectivity index (χ3v) is 5.64. The molecule has 0 radical (unpaired) electrons. The zero-order valence-corrected chi connectivity index (χ0v) is 20.6. The van der Waals surface area contributed by atoms with Crippen LogP contribution in [0.5, 0.6) is 0 Å². The third kappa shape index (κ3) is 8.80. The Labute approximate surface area is 188 Å². The maximum absolute atomic E-state index is 12.7. The average molecular weight is 610 g/mol. The maximum Gasteiger partial charge on any atom is 0.318 e. The van der Waals surface area contributed by atoms with Gasteiger partial charge in [-0.05, 0) is 27.7 Å². The first-order valence-corrected chi connectivity index (χ1v) is 11.7. The van der Waals surface area contributed by atoms with E-state index in [9.17, 15) is 14.4 Å². The summed E-state index contributed by atoms with van der Waals surface area (Å²) in [4.78, 5) is 36.3. The van der Waals surface area contributed by atoms with E-state index in [1.54, 1.807) is 13.8 Å². The van der Waals surface area contributed by atoms with Crippen molar-refractivity contribution < 1.29 is 33.9 Å². The molecule has 7 nitrogen and oxygen atoms in total. The summed E-state index contributed by atoms with van der Waals surface area (Å²) in [6.45, 7) is 8.95. The third-order valence-electron chi connectivity index (χ3n) is 4.62. The Kier molecular flexibility index (Phi) is 10.8. The van der Waals surface area contributed by atoms with Crippen LogP contribution < -0.4 is 5.32 Å². The fourth-order valence-corrected chi connectivity index (χ4v) is 3.19. The fourth-order valence-electron chi connectivity index (χ4n) is 2.83. The van der Waals surface area contributed by atoms with E-state index in [0.29, 0.717) is 0 Å². The molecule has 0 aliphatic carbocycles. The number of piperidine rings is 1. The lowest BCUT2D eigenvalue weighted by molar-refractivity contribution is -0.665. The summed E-state index contributed by atoms with van der Waals surface area (Å²) in [5.41, 5.74) is -0.620. The molecular formula is C18H30I2NO6+. The van der Waals surface area contributed by atoms with Gasteiger partial charge < -0.3 is 19.5 Å². The van der Waals surface area contributed by atoms with Gasteiger partial charge in [0.05, 0.1) is 13.1 Å². The summed E-state index contributed by atoms with van der Waals surface area (Å²) < 4.78 is 15.5. The SMILES string of the molecule is CC(I)C(=O)OCC(COC(=O)C(C)I)C(=O)OC(C)(C)C1CC[NH2+]CC1. The lowest BCUT2D eigenvalue weighted by Crippen LogP contribution is -2.86. The number of nitrogens with two attached hydrogens (primary N) is 1. The van der Waals surface area contributed by atoms with Crippen molar-refractivity contribution in [1.29, 1.82) is 0 Å². The second kappa shape index (κ2) is 11.7. The van der Waals surface area contributed by atoms with E-state index in [1.807, 2.05) is 59.0 Å². The Hall–Kier alpha value is -0.170. The van der Waals surface area contributed by atoms with Crippen LogP contribution in [-0.2, 0) is 28.6 Å². The van der Waals surface area contributed by atoms with Crippen LogP contribution in [0.15, 0.2) is 0 Å². The minimum Gasteiger partial charge on any atom is -0.464 e. The van der Waals surface area contributed by atoms with E-state index in [1.165, 1.54) is 0 Å². The van der Waals surface area contributed by atoms with Crippen LogP contribution in [-0.4, -0.2) is 57.7 Å². The van der Waals surface area contributed by atoms with Crippen LogP contribution in [0.4, 0.5) is 0 Å². The number of ether oxygens (including phenoxy) is 3. The van der Waals surface area contributed by atoms with Gasteiger partial charge in [0.2, 0.25) is 0 Å². The van der Waals surface area contributed by atoms with E-state index in [0.717, 1.165) is 25.9 Å². The fraction of sp³-hybridized carbons (Fsp3) is 0.833. The van der Waals surface area contributed by atoms with Crippen LogP contribution in [0, 0.1) is 11.8 Å². The molecule has 0 aromatic heterocycles. The van der Waals surface area contributed by atoms with Gasteiger partial charge in [-0.25, -0.2) is 0 Å².